The number of nitrogens with zero attached hydrogens (tertiary/aromatic N) is 2. The van der Waals surface area contributed by atoms with Gasteiger partial charge in [0.05, 0.1) is 5.75 Å². The number of hydrogen-bond acceptors (Lipinski definition) is 4. The molecule has 1 aliphatic heterocycles. The predicted molar refractivity (Wildman–Crippen MR) is 92.5 cm³/mol. The van der Waals surface area contributed by atoms with Gasteiger partial charge in [-0.25, -0.2) is 13.4 Å². The highest BCUT2D eigenvalue weighted by Crippen LogP contribution is 2.19. The number of hydrogen-bond donors (Lipinski definition) is 1. The summed E-state index contributed by atoms with van der Waals surface area (Å²) in [5, 5.41) is 2.99. The molecule has 0 radical (unpaired) electrons. The Kier molecular flexibility index (Phi) is 4.84. The second-order valence-electron chi connectivity index (χ2n) is 5.50. The summed E-state index contributed by atoms with van der Waals surface area (Å²) in [4.78, 5) is 16.1. The molecular formula is C16H16ClN3O3S. The van der Waals surface area contributed by atoms with Crippen molar-refractivity contribution in [3.05, 3.63) is 58.9 Å². The van der Waals surface area contributed by atoms with Gasteiger partial charge < -0.3 is 5.32 Å². The van der Waals surface area contributed by atoms with Crippen LogP contribution in [0.1, 0.15) is 22.5 Å². The van der Waals surface area contributed by atoms with E-state index in [9.17, 15) is 13.2 Å². The summed E-state index contributed by atoms with van der Waals surface area (Å²) in [5.74, 6) is -0.174. The van der Waals surface area contributed by atoms with E-state index in [4.69, 9.17) is 11.6 Å². The molecule has 1 saturated heterocycles. The summed E-state index contributed by atoms with van der Waals surface area (Å²) in [6, 6.07) is 11.9. The molecule has 24 heavy (non-hydrogen) atoms. The number of nitrogens with one attached hydrogen (secondary N) is 1. The van der Waals surface area contributed by atoms with Crippen molar-refractivity contribution >= 4 is 33.2 Å². The van der Waals surface area contributed by atoms with Gasteiger partial charge in [-0.1, -0.05) is 29.8 Å². The summed E-state index contributed by atoms with van der Waals surface area (Å²) in [6.07, 6.45) is 0.652. The predicted octanol–water partition coefficient (Wildman–Crippen LogP) is 2.52. The fourth-order valence-corrected chi connectivity index (χ4v) is 4.22. The Hall–Kier alpha value is -1.96. The molecule has 0 atom stereocenters. The van der Waals surface area contributed by atoms with E-state index in [1.807, 2.05) is 6.07 Å². The highest BCUT2D eigenvalue weighted by Gasteiger charge is 2.27. The third-order valence-corrected chi connectivity index (χ3v) is 5.81. The van der Waals surface area contributed by atoms with Gasteiger partial charge in [0, 0.05) is 18.8 Å². The van der Waals surface area contributed by atoms with Gasteiger partial charge in [-0.15, -0.1) is 0 Å². The lowest BCUT2D eigenvalue weighted by atomic mass is 10.2. The SMILES string of the molecule is O=C(Nc1cccc(CN2CCCS2(=O)=O)c1)c1cccc(Cl)n1. The molecule has 1 aromatic carbocycles. The van der Waals surface area contributed by atoms with E-state index in [1.165, 1.54) is 4.31 Å². The van der Waals surface area contributed by atoms with E-state index < -0.39 is 10.0 Å². The third kappa shape index (κ3) is 3.92. The molecular weight excluding hydrogens is 350 g/mol. The molecule has 1 fully saturated rings. The van der Waals surface area contributed by atoms with Gasteiger partial charge in [0.2, 0.25) is 10.0 Å². The van der Waals surface area contributed by atoms with Gasteiger partial charge in [-0.3, -0.25) is 4.79 Å². The molecule has 0 spiro atoms. The number of halogens is 1. The summed E-state index contributed by atoms with van der Waals surface area (Å²) in [5.41, 5.74) is 1.61. The van der Waals surface area contributed by atoms with Crippen LogP contribution in [0.5, 0.6) is 0 Å². The zero-order valence-electron chi connectivity index (χ0n) is 12.8. The van der Waals surface area contributed by atoms with Crippen LogP contribution in [0.4, 0.5) is 5.69 Å². The van der Waals surface area contributed by atoms with E-state index in [-0.39, 0.29) is 22.5 Å². The van der Waals surface area contributed by atoms with Crippen molar-refractivity contribution in [2.45, 2.75) is 13.0 Å². The van der Waals surface area contributed by atoms with Gasteiger partial charge >= 0.3 is 0 Å². The monoisotopic (exact) mass is 365 g/mol. The first-order valence-corrected chi connectivity index (χ1v) is 9.43. The minimum absolute atomic E-state index is 0.198. The second-order valence-corrected chi connectivity index (χ2v) is 7.98. The third-order valence-electron chi connectivity index (χ3n) is 3.69. The Balaban J connectivity index is 1.72. The number of carbonyl (C=O) groups excluding carboxylic acids is 1. The normalized spacial score (nSPS) is 16.9. The fraction of sp³-hybridized carbons (Fsp3) is 0.250. The number of anilines is 1. The number of benzene rings is 1. The van der Waals surface area contributed by atoms with Crippen LogP contribution in [-0.4, -0.2) is 35.9 Å². The van der Waals surface area contributed by atoms with E-state index in [0.717, 1.165) is 5.56 Å². The zero-order valence-corrected chi connectivity index (χ0v) is 14.3. The molecule has 1 aliphatic rings. The Morgan fingerprint density at radius 3 is 2.75 bits per heavy atom. The highest BCUT2D eigenvalue weighted by atomic mass is 35.5. The number of aromatic nitrogens is 1. The van der Waals surface area contributed by atoms with Gasteiger partial charge in [-0.2, -0.15) is 4.31 Å². The van der Waals surface area contributed by atoms with Gasteiger partial charge in [-0.05, 0) is 36.2 Å². The molecule has 0 saturated carbocycles. The van der Waals surface area contributed by atoms with Gasteiger partial charge in [0.25, 0.3) is 5.91 Å². The van der Waals surface area contributed by atoms with Gasteiger partial charge in [0.1, 0.15) is 10.8 Å². The lowest BCUT2D eigenvalue weighted by Gasteiger charge is -2.15. The molecule has 0 aliphatic carbocycles. The summed E-state index contributed by atoms with van der Waals surface area (Å²) in [7, 11) is -3.15. The molecule has 1 amide bonds. The topological polar surface area (TPSA) is 79.4 Å². The average Bonchev–Trinajstić information content (AvgIpc) is 2.86. The van der Waals surface area contributed by atoms with Crippen molar-refractivity contribution in [3.63, 3.8) is 0 Å². The van der Waals surface area contributed by atoms with E-state index >= 15 is 0 Å². The van der Waals surface area contributed by atoms with Crippen LogP contribution in [0.25, 0.3) is 0 Å². The van der Waals surface area contributed by atoms with Crippen LogP contribution in [0.3, 0.4) is 0 Å². The quantitative estimate of drug-likeness (QED) is 0.844. The zero-order chi connectivity index (χ0) is 17.2. The van der Waals surface area contributed by atoms with Crippen LogP contribution >= 0.6 is 11.6 Å². The molecule has 0 unspecified atom stereocenters. The van der Waals surface area contributed by atoms with Gasteiger partial charge in [0.15, 0.2) is 0 Å². The number of amides is 1. The maximum absolute atomic E-state index is 12.2. The molecule has 6 nitrogen and oxygen atoms in total. The van der Waals surface area contributed by atoms with Crippen LogP contribution in [-0.2, 0) is 16.6 Å². The van der Waals surface area contributed by atoms with Crippen molar-refractivity contribution in [2.75, 3.05) is 17.6 Å². The highest BCUT2D eigenvalue weighted by molar-refractivity contribution is 7.89. The minimum atomic E-state index is -3.15. The molecule has 8 heteroatoms. The largest absolute Gasteiger partial charge is 0.321 e. The van der Waals surface area contributed by atoms with Crippen LogP contribution in [0.2, 0.25) is 5.15 Å². The molecule has 126 valence electrons. The number of sulfonamides is 1. The average molecular weight is 366 g/mol. The van der Waals surface area contributed by atoms with Crippen LogP contribution in [0.15, 0.2) is 42.5 Å². The van der Waals surface area contributed by atoms with Crippen molar-refractivity contribution in [1.29, 1.82) is 0 Å². The summed E-state index contributed by atoms with van der Waals surface area (Å²) < 4.78 is 25.2. The Bertz CT molecular complexity index is 870. The standard InChI is InChI=1S/C16H16ClN3O3S/c17-15-7-2-6-14(19-15)16(21)18-13-5-1-4-12(10-13)11-20-8-3-9-24(20,22)23/h1-2,4-7,10H,3,8-9,11H2,(H,18,21). The maximum Gasteiger partial charge on any atom is 0.274 e. The molecule has 2 heterocycles. The first kappa shape index (κ1) is 16.9. The summed E-state index contributed by atoms with van der Waals surface area (Å²) >= 11 is 5.79. The van der Waals surface area contributed by atoms with Crippen LogP contribution < -0.4 is 5.32 Å². The van der Waals surface area contributed by atoms with Crippen molar-refractivity contribution in [3.8, 4) is 0 Å². The molecule has 3 rings (SSSR count). The van der Waals surface area contributed by atoms with E-state index in [2.05, 4.69) is 10.3 Å². The minimum Gasteiger partial charge on any atom is -0.321 e. The van der Waals surface area contributed by atoms with Crippen molar-refractivity contribution in [1.82, 2.24) is 9.29 Å². The molecule has 1 aromatic heterocycles. The Morgan fingerprint density at radius 2 is 2.04 bits per heavy atom. The van der Waals surface area contributed by atoms with Crippen molar-refractivity contribution < 1.29 is 13.2 Å². The fourth-order valence-electron chi connectivity index (χ4n) is 2.55. The first-order valence-electron chi connectivity index (χ1n) is 7.45. The maximum atomic E-state index is 12.2. The lowest BCUT2D eigenvalue weighted by molar-refractivity contribution is 0.102. The Labute approximate surface area is 145 Å². The van der Waals surface area contributed by atoms with E-state index in [0.29, 0.717) is 25.2 Å². The summed E-state index contributed by atoms with van der Waals surface area (Å²) in [6.45, 7) is 0.840. The molecule has 0 bridgehead atoms. The Morgan fingerprint density at radius 1 is 1.25 bits per heavy atom. The number of carbonyl (C=O) groups is 1. The first-order chi connectivity index (χ1) is 11.4. The lowest BCUT2D eigenvalue weighted by Crippen LogP contribution is -2.25. The van der Waals surface area contributed by atoms with E-state index in [1.54, 1.807) is 36.4 Å². The molecule has 1 N–H and O–H groups in total. The smallest absolute Gasteiger partial charge is 0.274 e. The number of pyridine rings is 1. The molecule has 2 aromatic rings. The van der Waals surface area contributed by atoms with Crippen LogP contribution in [0, 0.1) is 0 Å². The van der Waals surface area contributed by atoms with Crippen molar-refractivity contribution in [2.24, 2.45) is 0 Å². The number of rotatable bonds is 4. The second kappa shape index (κ2) is 6.88.